The molecule has 3 aliphatic carbocycles. The van der Waals surface area contributed by atoms with E-state index in [9.17, 15) is 18.0 Å². The molecule has 0 saturated heterocycles. The van der Waals surface area contributed by atoms with E-state index in [-0.39, 0.29) is 46.2 Å². The normalized spacial score (nSPS) is 27.0. The molecule has 3 atom stereocenters. The Labute approximate surface area is 208 Å². The number of esters is 1. The van der Waals surface area contributed by atoms with Crippen molar-refractivity contribution in [1.82, 2.24) is 0 Å². The van der Waals surface area contributed by atoms with Crippen molar-refractivity contribution in [1.29, 1.82) is 0 Å². The summed E-state index contributed by atoms with van der Waals surface area (Å²) < 4.78 is 34.4. The molecule has 0 spiro atoms. The first-order valence-electron chi connectivity index (χ1n) is 12.2. The SMILES string of the molecule is CC(C)(C)OC(=O)CC(c1ccc(NS(=O)(=O)CC23CCC(CC2=O)C3(C)C)c(Cl)c1)C1CC1. The van der Waals surface area contributed by atoms with Crippen molar-refractivity contribution in [3.8, 4) is 0 Å². The summed E-state index contributed by atoms with van der Waals surface area (Å²) in [6.07, 6.45) is 4.34. The van der Waals surface area contributed by atoms with Crippen LogP contribution in [0.1, 0.15) is 84.6 Å². The summed E-state index contributed by atoms with van der Waals surface area (Å²) in [6.45, 7) is 9.59. The third kappa shape index (κ3) is 4.88. The van der Waals surface area contributed by atoms with Crippen LogP contribution in [0, 0.1) is 22.7 Å². The lowest BCUT2D eigenvalue weighted by molar-refractivity contribution is -0.155. The average molecular weight is 510 g/mol. The number of rotatable bonds is 8. The first-order valence-corrected chi connectivity index (χ1v) is 14.2. The number of halogens is 1. The minimum absolute atomic E-state index is 0.00997. The highest BCUT2D eigenvalue weighted by Gasteiger charge is 2.65. The van der Waals surface area contributed by atoms with E-state index < -0.39 is 21.0 Å². The Hall–Kier alpha value is -1.60. The Balaban J connectivity index is 1.50. The van der Waals surface area contributed by atoms with Gasteiger partial charge in [0.25, 0.3) is 0 Å². The summed E-state index contributed by atoms with van der Waals surface area (Å²) >= 11 is 6.52. The lowest BCUT2D eigenvalue weighted by atomic mass is 9.70. The standard InChI is InChI=1S/C26H36ClNO5S/c1-24(2,3)33-23(30)14-19(16-6-7-16)17-8-9-21(20(27)12-17)28-34(31,32)15-26-11-10-18(13-22(26)29)25(26,4)5/h8-9,12,16,18-19,28H,6-7,10-11,13-15H2,1-5H3. The molecule has 0 heterocycles. The molecule has 0 radical (unpaired) electrons. The zero-order chi connectivity index (χ0) is 25.1. The Bertz CT molecular complexity index is 1100. The Morgan fingerprint density at radius 1 is 1.24 bits per heavy atom. The van der Waals surface area contributed by atoms with Crippen LogP contribution in [0.25, 0.3) is 0 Å². The molecule has 0 aromatic heterocycles. The molecule has 3 unspecified atom stereocenters. The van der Waals surface area contributed by atoms with Gasteiger partial charge < -0.3 is 4.74 Å². The van der Waals surface area contributed by atoms with Gasteiger partial charge in [-0.25, -0.2) is 8.42 Å². The molecule has 188 valence electrons. The van der Waals surface area contributed by atoms with E-state index in [1.165, 1.54) is 0 Å². The predicted molar refractivity (Wildman–Crippen MR) is 133 cm³/mol. The fourth-order valence-corrected chi connectivity index (χ4v) is 8.30. The fourth-order valence-electron chi connectivity index (χ4n) is 6.10. The van der Waals surface area contributed by atoms with Crippen LogP contribution in [0.3, 0.4) is 0 Å². The third-order valence-corrected chi connectivity index (χ3v) is 9.98. The highest BCUT2D eigenvalue weighted by Crippen LogP contribution is 2.64. The fraction of sp³-hybridized carbons (Fsp3) is 0.692. The summed E-state index contributed by atoms with van der Waals surface area (Å²) in [5.74, 6) is 0.241. The maximum absolute atomic E-state index is 13.2. The highest BCUT2D eigenvalue weighted by atomic mass is 35.5. The highest BCUT2D eigenvalue weighted by molar-refractivity contribution is 7.92. The Kier molecular flexibility index (Phi) is 6.38. The number of anilines is 1. The van der Waals surface area contributed by atoms with Crippen LogP contribution in [-0.2, 0) is 24.3 Å². The van der Waals surface area contributed by atoms with Crippen molar-refractivity contribution in [2.45, 2.75) is 84.7 Å². The second-order valence-electron chi connectivity index (χ2n) is 12.0. The summed E-state index contributed by atoms with van der Waals surface area (Å²) in [7, 11) is -3.79. The van der Waals surface area contributed by atoms with Crippen LogP contribution >= 0.6 is 11.6 Å². The van der Waals surface area contributed by atoms with Gasteiger partial charge in [-0.3, -0.25) is 14.3 Å². The molecule has 1 N–H and O–H groups in total. The van der Waals surface area contributed by atoms with Crippen molar-refractivity contribution in [2.75, 3.05) is 10.5 Å². The maximum atomic E-state index is 13.2. The molecule has 3 fully saturated rings. The Morgan fingerprint density at radius 3 is 2.41 bits per heavy atom. The van der Waals surface area contributed by atoms with E-state index in [0.29, 0.717) is 24.4 Å². The first kappa shape index (κ1) is 25.5. The van der Waals surface area contributed by atoms with Crippen molar-refractivity contribution < 1.29 is 22.7 Å². The molecule has 3 saturated carbocycles. The van der Waals surface area contributed by atoms with Gasteiger partial charge in [-0.2, -0.15) is 0 Å². The second-order valence-corrected chi connectivity index (χ2v) is 14.1. The van der Waals surface area contributed by atoms with Crippen LogP contribution in [0.4, 0.5) is 5.69 Å². The molecule has 6 nitrogen and oxygen atoms in total. The molecule has 1 aromatic rings. The molecule has 3 aliphatic rings. The molecule has 34 heavy (non-hydrogen) atoms. The molecular weight excluding hydrogens is 474 g/mol. The summed E-state index contributed by atoms with van der Waals surface area (Å²) in [4.78, 5) is 25.2. The minimum Gasteiger partial charge on any atom is -0.460 e. The molecule has 1 aromatic carbocycles. The number of nitrogens with one attached hydrogen (secondary N) is 1. The third-order valence-electron chi connectivity index (χ3n) is 8.26. The molecular formula is C26H36ClNO5S. The van der Waals surface area contributed by atoms with Gasteiger partial charge in [-0.1, -0.05) is 31.5 Å². The number of Topliss-reactive ketones (excluding diaryl/α,β-unsaturated/α-hetero) is 1. The number of ketones is 1. The van der Waals surface area contributed by atoms with Gasteiger partial charge in [-0.05, 0) is 87.3 Å². The van der Waals surface area contributed by atoms with Crippen molar-refractivity contribution in [3.63, 3.8) is 0 Å². The van der Waals surface area contributed by atoms with Gasteiger partial charge in [0.2, 0.25) is 10.0 Å². The lowest BCUT2D eigenvalue weighted by Crippen LogP contribution is -2.43. The van der Waals surface area contributed by atoms with E-state index in [4.69, 9.17) is 16.3 Å². The van der Waals surface area contributed by atoms with Crippen molar-refractivity contribution in [2.24, 2.45) is 22.7 Å². The monoisotopic (exact) mass is 509 g/mol. The van der Waals surface area contributed by atoms with Crippen LogP contribution in [0.15, 0.2) is 18.2 Å². The van der Waals surface area contributed by atoms with E-state index in [1.807, 2.05) is 40.7 Å². The molecule has 2 bridgehead atoms. The number of sulfonamides is 1. The lowest BCUT2D eigenvalue weighted by Gasteiger charge is -2.36. The van der Waals surface area contributed by atoms with Gasteiger partial charge in [0.05, 0.1) is 28.3 Å². The number of ether oxygens (including phenoxy) is 1. The number of carbonyl (C=O) groups is 2. The summed E-state index contributed by atoms with van der Waals surface area (Å²) in [5.41, 5.74) is -0.498. The van der Waals surface area contributed by atoms with Gasteiger partial charge in [0.15, 0.2) is 0 Å². The van der Waals surface area contributed by atoms with Gasteiger partial charge in [0.1, 0.15) is 11.4 Å². The summed E-state index contributed by atoms with van der Waals surface area (Å²) in [5, 5.41) is 0.287. The summed E-state index contributed by atoms with van der Waals surface area (Å²) in [6, 6.07) is 5.25. The first-order chi connectivity index (χ1) is 15.6. The molecule has 0 amide bonds. The zero-order valence-corrected chi connectivity index (χ0v) is 22.3. The van der Waals surface area contributed by atoms with E-state index in [2.05, 4.69) is 4.72 Å². The largest absolute Gasteiger partial charge is 0.460 e. The number of carbonyl (C=O) groups excluding carboxylic acids is 2. The van der Waals surface area contributed by atoms with Crippen LogP contribution in [0.5, 0.6) is 0 Å². The molecule has 4 rings (SSSR count). The van der Waals surface area contributed by atoms with Crippen LogP contribution < -0.4 is 4.72 Å². The van der Waals surface area contributed by atoms with E-state index >= 15 is 0 Å². The van der Waals surface area contributed by atoms with Crippen molar-refractivity contribution >= 4 is 39.1 Å². The van der Waals surface area contributed by atoms with E-state index in [1.54, 1.807) is 12.1 Å². The maximum Gasteiger partial charge on any atom is 0.306 e. The molecule has 8 heteroatoms. The number of fused-ring (bicyclic) bond motifs is 2. The number of hydrogen-bond acceptors (Lipinski definition) is 5. The average Bonchev–Trinajstić information content (AvgIpc) is 3.46. The van der Waals surface area contributed by atoms with E-state index in [0.717, 1.165) is 24.8 Å². The van der Waals surface area contributed by atoms with Gasteiger partial charge in [0, 0.05) is 6.42 Å². The quantitative estimate of drug-likeness (QED) is 0.454. The topological polar surface area (TPSA) is 89.5 Å². The van der Waals surface area contributed by atoms with Crippen LogP contribution in [0.2, 0.25) is 5.02 Å². The number of benzene rings is 1. The van der Waals surface area contributed by atoms with Gasteiger partial charge in [-0.15, -0.1) is 0 Å². The second kappa shape index (κ2) is 8.51. The van der Waals surface area contributed by atoms with Gasteiger partial charge >= 0.3 is 5.97 Å². The zero-order valence-electron chi connectivity index (χ0n) is 20.7. The predicted octanol–water partition coefficient (Wildman–Crippen LogP) is 5.70. The smallest absolute Gasteiger partial charge is 0.306 e. The molecule has 0 aliphatic heterocycles. The number of hydrogen-bond donors (Lipinski definition) is 1. The minimum atomic E-state index is -3.79. The van der Waals surface area contributed by atoms with Crippen molar-refractivity contribution in [3.05, 3.63) is 28.8 Å². The van der Waals surface area contributed by atoms with Crippen LogP contribution in [-0.4, -0.2) is 31.5 Å². The Morgan fingerprint density at radius 2 is 1.91 bits per heavy atom.